The summed E-state index contributed by atoms with van der Waals surface area (Å²) in [6, 6.07) is 14.6. The lowest BCUT2D eigenvalue weighted by atomic mass is 10.1. The fourth-order valence-electron chi connectivity index (χ4n) is 4.23. The number of carbonyl (C=O) groups excluding carboxylic acids is 1. The number of piperazine rings is 1. The van der Waals surface area contributed by atoms with Crippen LogP contribution in [0.3, 0.4) is 0 Å². The van der Waals surface area contributed by atoms with Crippen molar-refractivity contribution in [1.82, 2.24) is 29.5 Å². The summed E-state index contributed by atoms with van der Waals surface area (Å²) in [6.45, 7) is 10.2. The van der Waals surface area contributed by atoms with Gasteiger partial charge in [-0.15, -0.1) is 21.5 Å². The van der Waals surface area contributed by atoms with Gasteiger partial charge in [-0.25, -0.2) is 4.98 Å². The number of nitrogens with zero attached hydrogens (tertiary/aromatic N) is 6. The molecule has 4 aromatic rings. The van der Waals surface area contributed by atoms with Crippen molar-refractivity contribution in [1.29, 1.82) is 0 Å². The van der Waals surface area contributed by atoms with Crippen LogP contribution < -0.4 is 0 Å². The highest BCUT2D eigenvalue weighted by molar-refractivity contribution is 7.99. The van der Waals surface area contributed by atoms with E-state index in [1.54, 1.807) is 11.3 Å². The highest BCUT2D eigenvalue weighted by Gasteiger charge is 2.23. The van der Waals surface area contributed by atoms with Crippen LogP contribution in [-0.4, -0.2) is 67.4 Å². The fraction of sp³-hybridized carbons (Fsp3) is 0.360. The van der Waals surface area contributed by atoms with Gasteiger partial charge in [-0.1, -0.05) is 36.0 Å². The topological polar surface area (TPSA) is 67.2 Å². The second kappa shape index (κ2) is 9.85. The number of rotatable bonds is 6. The molecule has 0 N–H and O–H groups in total. The van der Waals surface area contributed by atoms with Crippen molar-refractivity contribution in [3.05, 3.63) is 64.4 Å². The largest absolute Gasteiger partial charge is 0.339 e. The first-order chi connectivity index (χ1) is 16.5. The molecule has 9 heteroatoms. The fourth-order valence-corrected chi connectivity index (χ4v) is 6.13. The van der Waals surface area contributed by atoms with Crippen molar-refractivity contribution in [3.8, 4) is 5.69 Å². The van der Waals surface area contributed by atoms with Gasteiger partial charge in [0.25, 0.3) is 0 Å². The molecule has 2 aromatic heterocycles. The smallest absolute Gasteiger partial charge is 0.233 e. The van der Waals surface area contributed by atoms with Crippen LogP contribution in [0.4, 0.5) is 0 Å². The van der Waals surface area contributed by atoms with Crippen molar-refractivity contribution < 1.29 is 4.79 Å². The molecular weight excluding hydrogens is 464 g/mol. The minimum absolute atomic E-state index is 0.151. The van der Waals surface area contributed by atoms with Gasteiger partial charge in [-0.05, 0) is 50.1 Å². The molecule has 1 amide bonds. The monoisotopic (exact) mass is 492 g/mol. The van der Waals surface area contributed by atoms with E-state index in [9.17, 15) is 4.79 Å². The Morgan fingerprint density at radius 1 is 1.03 bits per heavy atom. The first-order valence-electron chi connectivity index (χ1n) is 11.4. The second-order valence-electron chi connectivity index (χ2n) is 8.68. The van der Waals surface area contributed by atoms with Crippen molar-refractivity contribution in [2.75, 3.05) is 31.9 Å². The van der Waals surface area contributed by atoms with E-state index in [0.29, 0.717) is 5.75 Å². The lowest BCUT2D eigenvalue weighted by molar-refractivity contribution is -0.130. The van der Waals surface area contributed by atoms with Crippen molar-refractivity contribution in [2.24, 2.45) is 0 Å². The van der Waals surface area contributed by atoms with Gasteiger partial charge in [0.1, 0.15) is 10.8 Å². The summed E-state index contributed by atoms with van der Waals surface area (Å²) in [5.74, 6) is 1.34. The van der Waals surface area contributed by atoms with Crippen LogP contribution in [0.2, 0.25) is 0 Å². The Morgan fingerprint density at radius 2 is 1.82 bits per heavy atom. The predicted molar refractivity (Wildman–Crippen MR) is 138 cm³/mol. The third-order valence-corrected chi connectivity index (χ3v) is 8.08. The third-order valence-electron chi connectivity index (χ3n) is 6.15. The molecule has 1 aliphatic rings. The summed E-state index contributed by atoms with van der Waals surface area (Å²) in [5, 5.41) is 10.5. The van der Waals surface area contributed by atoms with E-state index >= 15 is 0 Å². The standard InChI is InChI=1S/C25H28N6OS2/c1-17-8-9-18(2)21(14-17)31-19(3)27-28-25(31)33-16-24(32)30-12-10-29(11-13-30)15-23-26-20-6-4-5-7-22(20)34-23/h4-9,14H,10-13,15-16H2,1-3H3. The number of hydrogen-bond donors (Lipinski definition) is 0. The molecule has 0 spiro atoms. The van der Waals surface area contributed by atoms with E-state index in [-0.39, 0.29) is 5.91 Å². The maximum Gasteiger partial charge on any atom is 0.233 e. The van der Waals surface area contributed by atoms with E-state index < -0.39 is 0 Å². The zero-order chi connectivity index (χ0) is 23.7. The van der Waals surface area contributed by atoms with Gasteiger partial charge in [0.2, 0.25) is 5.91 Å². The summed E-state index contributed by atoms with van der Waals surface area (Å²) >= 11 is 3.22. The molecule has 0 atom stereocenters. The molecule has 0 aliphatic carbocycles. The van der Waals surface area contributed by atoms with Gasteiger partial charge < -0.3 is 4.90 Å². The number of thiazole rings is 1. The van der Waals surface area contributed by atoms with Gasteiger partial charge in [0, 0.05) is 26.2 Å². The average Bonchev–Trinajstić information content (AvgIpc) is 3.42. The van der Waals surface area contributed by atoms with E-state index in [1.165, 1.54) is 22.0 Å². The number of aryl methyl sites for hydroxylation is 3. The summed E-state index contributed by atoms with van der Waals surface area (Å²) in [4.78, 5) is 22.0. The summed E-state index contributed by atoms with van der Waals surface area (Å²) in [6.07, 6.45) is 0. The first-order valence-corrected chi connectivity index (χ1v) is 13.2. The number of hydrogen-bond acceptors (Lipinski definition) is 7. The first kappa shape index (κ1) is 23.0. The average molecular weight is 493 g/mol. The predicted octanol–water partition coefficient (Wildman–Crippen LogP) is 4.24. The molecule has 7 nitrogen and oxygen atoms in total. The van der Waals surface area contributed by atoms with Crippen LogP contribution in [0.15, 0.2) is 47.6 Å². The van der Waals surface area contributed by atoms with Gasteiger partial charge in [-0.3, -0.25) is 14.3 Å². The Hall–Kier alpha value is -2.75. The lowest BCUT2D eigenvalue weighted by Gasteiger charge is -2.34. The quantitative estimate of drug-likeness (QED) is 0.375. The van der Waals surface area contributed by atoms with E-state index in [1.807, 2.05) is 17.9 Å². The molecule has 1 saturated heterocycles. The second-order valence-corrected chi connectivity index (χ2v) is 10.7. The third kappa shape index (κ3) is 4.87. The highest BCUT2D eigenvalue weighted by Crippen LogP contribution is 2.26. The maximum absolute atomic E-state index is 12.9. The molecule has 34 heavy (non-hydrogen) atoms. The highest BCUT2D eigenvalue weighted by atomic mass is 32.2. The van der Waals surface area contributed by atoms with Crippen molar-refractivity contribution in [2.45, 2.75) is 32.5 Å². The van der Waals surface area contributed by atoms with Crippen LogP contribution in [0.5, 0.6) is 0 Å². The van der Waals surface area contributed by atoms with Gasteiger partial charge in [-0.2, -0.15) is 0 Å². The number of benzene rings is 2. The van der Waals surface area contributed by atoms with E-state index in [4.69, 9.17) is 4.98 Å². The molecular formula is C25H28N6OS2. The Kier molecular flexibility index (Phi) is 6.67. The molecule has 0 saturated carbocycles. The van der Waals surface area contributed by atoms with Crippen LogP contribution in [0.1, 0.15) is 22.0 Å². The molecule has 5 rings (SSSR count). The molecule has 0 radical (unpaired) electrons. The number of aromatic nitrogens is 4. The maximum atomic E-state index is 12.9. The summed E-state index contributed by atoms with van der Waals surface area (Å²) < 4.78 is 3.28. The number of thioether (sulfide) groups is 1. The SMILES string of the molecule is Cc1ccc(C)c(-n2c(C)nnc2SCC(=O)N2CCN(Cc3nc4ccccc4s3)CC2)c1. The van der Waals surface area contributed by atoms with Crippen LogP contribution in [0, 0.1) is 20.8 Å². The van der Waals surface area contributed by atoms with Crippen molar-refractivity contribution in [3.63, 3.8) is 0 Å². The number of fused-ring (bicyclic) bond motifs is 1. The molecule has 3 heterocycles. The van der Waals surface area contributed by atoms with Gasteiger partial charge in [0.05, 0.1) is 28.2 Å². The molecule has 2 aromatic carbocycles. The van der Waals surface area contributed by atoms with Crippen molar-refractivity contribution >= 4 is 39.2 Å². The lowest BCUT2D eigenvalue weighted by Crippen LogP contribution is -2.48. The Bertz CT molecular complexity index is 1290. The molecule has 0 unspecified atom stereocenters. The number of para-hydroxylation sites is 1. The van der Waals surface area contributed by atoms with E-state index in [2.05, 4.69) is 69.9 Å². The minimum Gasteiger partial charge on any atom is -0.339 e. The molecule has 1 fully saturated rings. The van der Waals surface area contributed by atoms with Crippen LogP contribution in [-0.2, 0) is 11.3 Å². The van der Waals surface area contributed by atoms with E-state index in [0.717, 1.165) is 65.5 Å². The zero-order valence-electron chi connectivity index (χ0n) is 19.7. The molecule has 1 aliphatic heterocycles. The minimum atomic E-state index is 0.151. The number of amides is 1. The molecule has 176 valence electrons. The van der Waals surface area contributed by atoms with Crippen LogP contribution >= 0.6 is 23.1 Å². The normalized spacial score (nSPS) is 14.7. The Morgan fingerprint density at radius 3 is 2.62 bits per heavy atom. The Labute approximate surface area is 207 Å². The Balaban J connectivity index is 1.17. The molecule has 0 bridgehead atoms. The van der Waals surface area contributed by atoms with Crippen LogP contribution in [0.25, 0.3) is 15.9 Å². The summed E-state index contributed by atoms with van der Waals surface area (Å²) in [7, 11) is 0. The zero-order valence-corrected chi connectivity index (χ0v) is 21.3. The van der Waals surface area contributed by atoms with Gasteiger partial charge in [0.15, 0.2) is 5.16 Å². The number of carbonyl (C=O) groups is 1. The summed E-state index contributed by atoms with van der Waals surface area (Å²) in [5.41, 5.74) is 4.48. The van der Waals surface area contributed by atoms with Gasteiger partial charge >= 0.3 is 0 Å².